The minimum Gasteiger partial charge on any atom is -0.299 e. The van der Waals surface area contributed by atoms with Gasteiger partial charge in [0.05, 0.1) is 0 Å². The van der Waals surface area contributed by atoms with E-state index in [9.17, 15) is 0 Å². The fourth-order valence-corrected chi connectivity index (χ4v) is 22.1. The van der Waals surface area contributed by atoms with E-state index in [1.807, 2.05) is 0 Å². The molecule has 0 spiro atoms. The van der Waals surface area contributed by atoms with Gasteiger partial charge in [0.15, 0.2) is 0 Å². The second kappa shape index (κ2) is 38.1. The second-order valence-corrected chi connectivity index (χ2v) is 32.8. The van der Waals surface area contributed by atoms with Crippen LogP contribution in [0.2, 0.25) is 0 Å². The van der Waals surface area contributed by atoms with Crippen LogP contribution in [0.15, 0.2) is 0 Å². The van der Waals surface area contributed by atoms with Gasteiger partial charge in [-0.05, 0) is 201 Å². The maximum atomic E-state index is 15.1. The number of hydrogen-bond acceptors (Lipinski definition) is 8. The number of ketones is 2. The molecule has 2 nitrogen and oxygen atoms in total. The van der Waals surface area contributed by atoms with Gasteiger partial charge >= 0.3 is 0 Å². The molecule has 0 heterocycles. The summed E-state index contributed by atoms with van der Waals surface area (Å²) in [6, 6.07) is 0. The van der Waals surface area contributed by atoms with Crippen LogP contribution >= 0.6 is 70.6 Å². The van der Waals surface area contributed by atoms with Crippen molar-refractivity contribution in [1.29, 1.82) is 0 Å². The Labute approximate surface area is 466 Å². The summed E-state index contributed by atoms with van der Waals surface area (Å²) in [4.78, 5) is 30.2. The number of thioether (sulfide) groups is 6. The summed E-state index contributed by atoms with van der Waals surface area (Å²) in [5, 5.41) is 5.14. The van der Waals surface area contributed by atoms with Crippen molar-refractivity contribution in [3.05, 3.63) is 0 Å². The fourth-order valence-electron chi connectivity index (χ4n) is 14.2. The SMILES string of the molecule is O=C(CCCCCC(=O)C(CCCSC1CCCCC1)(CCCSC1CCCCC1)CCCSC1CCCCC1)C(CCCSC1CCCCC1)(CCCSC1CCCCC1)CCCSC1CCCCC1. The number of carbonyl (C=O) groups is 2. The highest BCUT2D eigenvalue weighted by molar-refractivity contribution is 8.01. The van der Waals surface area contributed by atoms with Crippen molar-refractivity contribution in [3.63, 3.8) is 0 Å². The zero-order chi connectivity index (χ0) is 49.3. The van der Waals surface area contributed by atoms with Crippen LogP contribution in [0.5, 0.6) is 0 Å². The molecule has 0 aromatic rings. The van der Waals surface area contributed by atoms with Crippen LogP contribution in [0.1, 0.15) is 302 Å². The largest absolute Gasteiger partial charge is 0.299 e. The van der Waals surface area contributed by atoms with E-state index < -0.39 is 0 Å². The molecular formula is C63H112O2S6. The average Bonchev–Trinajstić information content (AvgIpc) is 3.42. The number of hydrogen-bond donors (Lipinski definition) is 0. The van der Waals surface area contributed by atoms with E-state index >= 15 is 9.59 Å². The van der Waals surface area contributed by atoms with E-state index in [4.69, 9.17) is 0 Å². The lowest BCUT2D eigenvalue weighted by Crippen LogP contribution is -2.33. The van der Waals surface area contributed by atoms with Gasteiger partial charge in [0, 0.05) is 55.2 Å². The highest BCUT2D eigenvalue weighted by Gasteiger charge is 2.38. The molecule has 6 fully saturated rings. The van der Waals surface area contributed by atoms with Crippen molar-refractivity contribution in [2.75, 3.05) is 34.5 Å². The van der Waals surface area contributed by atoms with Gasteiger partial charge in [-0.25, -0.2) is 0 Å². The molecule has 0 aromatic heterocycles. The van der Waals surface area contributed by atoms with Crippen molar-refractivity contribution >= 4 is 82.1 Å². The first-order valence-corrected chi connectivity index (χ1v) is 38.1. The third-order valence-electron chi connectivity index (χ3n) is 18.7. The number of rotatable bonds is 38. The van der Waals surface area contributed by atoms with E-state index in [-0.39, 0.29) is 10.8 Å². The van der Waals surface area contributed by atoms with Crippen molar-refractivity contribution in [2.45, 2.75) is 333 Å². The third-order valence-corrected chi connectivity index (χ3v) is 27.5. The zero-order valence-corrected chi connectivity index (χ0v) is 51.1. The van der Waals surface area contributed by atoms with Gasteiger partial charge in [-0.1, -0.05) is 122 Å². The summed E-state index contributed by atoms with van der Waals surface area (Å²) >= 11 is 13.5. The Morgan fingerprint density at radius 3 is 0.620 bits per heavy atom. The normalized spacial score (nSPS) is 21.5. The predicted molar refractivity (Wildman–Crippen MR) is 329 cm³/mol. The van der Waals surface area contributed by atoms with Crippen LogP contribution in [0.25, 0.3) is 0 Å². The predicted octanol–water partition coefficient (Wildman–Crippen LogP) is 21.1. The Morgan fingerprint density at radius 1 is 0.254 bits per heavy atom. The molecule has 0 unspecified atom stereocenters. The Bertz CT molecular complexity index is 1110. The Morgan fingerprint density at radius 2 is 0.437 bits per heavy atom. The molecule has 0 bridgehead atoms. The van der Waals surface area contributed by atoms with Crippen LogP contribution in [-0.2, 0) is 9.59 Å². The zero-order valence-electron chi connectivity index (χ0n) is 46.2. The topological polar surface area (TPSA) is 34.1 Å². The first-order valence-electron chi connectivity index (χ1n) is 31.8. The second-order valence-electron chi connectivity index (χ2n) is 24.4. The van der Waals surface area contributed by atoms with Crippen LogP contribution in [0.4, 0.5) is 0 Å². The Kier molecular flexibility index (Phi) is 33.1. The smallest absolute Gasteiger partial charge is 0.139 e. The third kappa shape index (κ3) is 25.0. The van der Waals surface area contributed by atoms with Crippen LogP contribution < -0.4 is 0 Å². The minimum absolute atomic E-state index is 0.140. The van der Waals surface area contributed by atoms with Crippen molar-refractivity contribution in [2.24, 2.45) is 10.8 Å². The van der Waals surface area contributed by atoms with Gasteiger partial charge < -0.3 is 0 Å². The van der Waals surface area contributed by atoms with Gasteiger partial charge in [-0.2, -0.15) is 70.6 Å². The highest BCUT2D eigenvalue weighted by Crippen LogP contribution is 2.44. The molecule has 6 saturated carbocycles. The number of carbonyl (C=O) groups excluding carboxylic acids is 2. The summed E-state index contributed by atoms with van der Waals surface area (Å²) < 4.78 is 0. The van der Waals surface area contributed by atoms with E-state index in [1.165, 1.54) is 266 Å². The summed E-state index contributed by atoms with van der Waals surface area (Å²) in [7, 11) is 0. The lowest BCUT2D eigenvalue weighted by atomic mass is 9.70. The molecule has 6 aliphatic carbocycles. The molecule has 8 heteroatoms. The molecule has 6 aliphatic rings. The van der Waals surface area contributed by atoms with Crippen molar-refractivity contribution in [3.8, 4) is 0 Å². The average molecular weight is 1090 g/mol. The first-order chi connectivity index (χ1) is 35.0. The van der Waals surface area contributed by atoms with Gasteiger partial charge in [0.2, 0.25) is 0 Å². The van der Waals surface area contributed by atoms with E-state index in [0.717, 1.165) is 102 Å². The molecule has 0 atom stereocenters. The maximum Gasteiger partial charge on any atom is 0.139 e. The molecular weight excluding hydrogens is 981 g/mol. The molecule has 0 amide bonds. The van der Waals surface area contributed by atoms with Crippen molar-refractivity contribution in [1.82, 2.24) is 0 Å². The number of Topliss-reactive ketones (excluding diaryl/α,β-unsaturated/α-hetero) is 2. The molecule has 0 radical (unpaired) electrons. The molecule has 6 rings (SSSR count). The summed E-state index contributed by atoms with van der Waals surface area (Å²) in [5.74, 6) is 8.71. The van der Waals surface area contributed by atoms with E-state index in [1.54, 1.807) is 0 Å². The molecule has 71 heavy (non-hydrogen) atoms. The van der Waals surface area contributed by atoms with Crippen LogP contribution in [0.3, 0.4) is 0 Å². The van der Waals surface area contributed by atoms with Gasteiger partial charge in [-0.3, -0.25) is 9.59 Å². The highest BCUT2D eigenvalue weighted by atomic mass is 32.2. The summed E-state index contributed by atoms with van der Waals surface area (Å²) in [5.41, 5.74) is -0.279. The Hall–Kier alpha value is 1.44. The van der Waals surface area contributed by atoms with E-state index in [2.05, 4.69) is 70.6 Å². The summed E-state index contributed by atoms with van der Waals surface area (Å²) in [6.45, 7) is 0. The standard InChI is InChI=1S/C63H112O2S6/c64-60(62(42-22-48-66-54-28-8-1-9-29-54,43-23-49-67-55-30-10-2-11-31-55)44-24-50-68-56-32-12-3-13-33-56)40-20-7-21-41-61(65)63(45-25-51-69-57-34-14-4-15-35-57,46-26-52-70-58-36-16-5-17-37-58)47-27-53-71-59-38-18-6-19-39-59/h54-59H,1-53H2. The molecule has 0 aromatic carbocycles. The monoisotopic (exact) mass is 1090 g/mol. The molecule has 0 aliphatic heterocycles. The van der Waals surface area contributed by atoms with Gasteiger partial charge in [0.1, 0.15) is 11.6 Å². The summed E-state index contributed by atoms with van der Waals surface area (Å²) in [6.07, 6.45) is 61.0. The first kappa shape index (κ1) is 61.6. The van der Waals surface area contributed by atoms with Gasteiger partial charge in [0.25, 0.3) is 0 Å². The lowest BCUT2D eigenvalue weighted by Gasteiger charge is -2.34. The Balaban J connectivity index is 1.07. The van der Waals surface area contributed by atoms with Crippen molar-refractivity contribution < 1.29 is 9.59 Å². The molecule has 0 saturated heterocycles. The number of unbranched alkanes of at least 4 members (excludes halogenated alkanes) is 2. The minimum atomic E-state index is -0.140. The quantitative estimate of drug-likeness (QED) is 0.0566. The lowest BCUT2D eigenvalue weighted by molar-refractivity contribution is -0.130. The van der Waals surface area contributed by atoms with Gasteiger partial charge in [-0.15, -0.1) is 0 Å². The van der Waals surface area contributed by atoms with E-state index in [0.29, 0.717) is 11.6 Å². The maximum absolute atomic E-state index is 15.1. The van der Waals surface area contributed by atoms with Crippen LogP contribution in [-0.4, -0.2) is 77.6 Å². The fraction of sp³-hybridized carbons (Fsp3) is 0.968. The molecule has 0 N–H and O–H groups in total. The molecule has 412 valence electrons. The van der Waals surface area contributed by atoms with Crippen LogP contribution in [0, 0.1) is 10.8 Å².